The van der Waals surface area contributed by atoms with Gasteiger partial charge in [-0.2, -0.15) is 14.3 Å². The van der Waals surface area contributed by atoms with Gasteiger partial charge in [-0.15, -0.1) is 0 Å². The minimum Gasteiger partial charge on any atom is -0.387 e. The van der Waals surface area contributed by atoms with Gasteiger partial charge in [-0.1, -0.05) is 0 Å². The van der Waals surface area contributed by atoms with E-state index in [9.17, 15) is 28.8 Å². The third-order valence-electron chi connectivity index (χ3n) is 3.88. The quantitative estimate of drug-likeness (QED) is 0.137. The van der Waals surface area contributed by atoms with Crippen LogP contribution in [-0.4, -0.2) is 76.9 Å². The van der Waals surface area contributed by atoms with Gasteiger partial charge in [0, 0.05) is 0 Å². The number of phosphoric acid groups is 2. The van der Waals surface area contributed by atoms with Crippen LogP contribution in [-0.2, 0) is 31.6 Å². The van der Waals surface area contributed by atoms with Crippen molar-refractivity contribution in [3.05, 3.63) is 11.6 Å². The lowest BCUT2D eigenvalue weighted by Gasteiger charge is -2.21. The van der Waals surface area contributed by atoms with Gasteiger partial charge in [0.2, 0.25) is 12.8 Å². The van der Waals surface area contributed by atoms with Gasteiger partial charge in [0.15, 0.2) is 17.7 Å². The lowest BCUT2D eigenvalue weighted by atomic mass is 10.1. The number of imidazole rings is 1. The number of rotatable bonds is 8. The van der Waals surface area contributed by atoms with E-state index in [4.69, 9.17) is 39.4 Å². The van der Waals surface area contributed by atoms with Crippen molar-refractivity contribution in [3.63, 3.8) is 0 Å². The molecule has 1 unspecified atom stereocenters. The second-order valence-electron chi connectivity index (χ2n) is 6.21. The Bertz CT molecular complexity index is 1160. The molecular formula is C10H14BClN5O12P3. The van der Waals surface area contributed by atoms with Crippen LogP contribution < -0.4 is 5.73 Å². The number of aromatic nitrogens is 4. The highest BCUT2D eigenvalue weighted by atomic mass is 35.5. The third kappa shape index (κ3) is 5.93. The summed E-state index contributed by atoms with van der Waals surface area (Å²) in [7, 11) is -10.9. The Balaban J connectivity index is 1.72. The van der Waals surface area contributed by atoms with Gasteiger partial charge in [0.05, 0.1) is 12.9 Å². The average Bonchev–Trinajstić information content (AvgIpc) is 3.12. The number of nitrogens with two attached hydrogens (primary N) is 1. The lowest BCUT2D eigenvalue weighted by Crippen LogP contribution is -2.33. The van der Waals surface area contributed by atoms with E-state index in [-0.39, 0.29) is 22.3 Å². The van der Waals surface area contributed by atoms with Gasteiger partial charge >= 0.3 is 15.6 Å². The monoisotopic (exact) mass is 535 g/mol. The van der Waals surface area contributed by atoms with Crippen LogP contribution in [0.3, 0.4) is 0 Å². The zero-order valence-electron chi connectivity index (χ0n) is 15.4. The summed E-state index contributed by atoms with van der Waals surface area (Å²) in [5.41, 5.74) is 5.88. The number of halogens is 1. The molecule has 0 aromatic carbocycles. The summed E-state index contributed by atoms with van der Waals surface area (Å²) < 4.78 is 52.8. The molecule has 1 aliphatic rings. The van der Waals surface area contributed by atoms with Crippen LogP contribution in [0.1, 0.15) is 6.23 Å². The summed E-state index contributed by atoms with van der Waals surface area (Å²) in [6, 6.07) is 0. The number of fused-ring (bicyclic) bond motifs is 1. The van der Waals surface area contributed by atoms with Gasteiger partial charge in [-0.05, 0) is 11.6 Å². The van der Waals surface area contributed by atoms with Crippen LogP contribution in [0.15, 0.2) is 6.33 Å². The zero-order chi connectivity index (χ0) is 24.1. The molecule has 3 heterocycles. The summed E-state index contributed by atoms with van der Waals surface area (Å²) in [5, 5.41) is 20.3. The molecule has 32 heavy (non-hydrogen) atoms. The molecule has 0 saturated carbocycles. The molecule has 17 nitrogen and oxygen atoms in total. The summed E-state index contributed by atoms with van der Waals surface area (Å²) in [6.07, 6.45) is -4.80. The van der Waals surface area contributed by atoms with Crippen LogP contribution in [0.5, 0.6) is 0 Å². The zero-order valence-corrected chi connectivity index (χ0v) is 18.8. The van der Waals surface area contributed by atoms with Crippen molar-refractivity contribution in [2.75, 3.05) is 12.3 Å². The van der Waals surface area contributed by atoms with Crippen molar-refractivity contribution in [1.82, 2.24) is 19.5 Å². The van der Waals surface area contributed by atoms with Crippen LogP contribution >= 0.6 is 34.7 Å². The first-order valence-electron chi connectivity index (χ1n) is 8.10. The number of hydrogen-bond donors (Lipinski definition) is 6. The Hall–Kier alpha value is -0.965. The molecule has 176 valence electrons. The molecule has 2 radical (unpaired) electrons. The third-order valence-corrected chi connectivity index (χ3v) is 7.97. The summed E-state index contributed by atoms with van der Waals surface area (Å²) in [4.78, 5) is 37.9. The largest absolute Gasteiger partial charge is 0.487 e. The summed E-state index contributed by atoms with van der Waals surface area (Å²) in [6.45, 7) is -0.858. The fourth-order valence-electron chi connectivity index (χ4n) is 2.69. The fraction of sp³-hybridized carbons (Fsp3) is 0.500. The summed E-state index contributed by atoms with van der Waals surface area (Å²) >= 11 is 5.77. The maximum absolute atomic E-state index is 12.0. The predicted octanol–water partition coefficient (Wildman–Crippen LogP) is -0.799. The average molecular weight is 535 g/mol. The topological polar surface area (TPSA) is 259 Å². The van der Waals surface area contributed by atoms with Gasteiger partial charge in [-0.3, -0.25) is 9.13 Å². The van der Waals surface area contributed by atoms with Gasteiger partial charge in [0.25, 0.3) is 7.47 Å². The molecule has 0 spiro atoms. The SMILES string of the molecule is [B][P@@](=O)(OC[C@H]1O[C@@H](n2cnc3c(N)nc(Cl)nc32)[C@H](O)[C@@H]1O)OP(=O)(O)OP(=O)(O)O. The van der Waals surface area contributed by atoms with Gasteiger partial charge in [-0.25, -0.2) is 18.4 Å². The van der Waals surface area contributed by atoms with Crippen molar-refractivity contribution in [2.45, 2.75) is 24.5 Å². The second-order valence-corrected chi connectivity index (χ2v) is 11.1. The second kappa shape index (κ2) is 9.00. The minimum absolute atomic E-state index is 0.0566. The van der Waals surface area contributed by atoms with E-state index in [2.05, 4.69) is 28.1 Å². The van der Waals surface area contributed by atoms with Gasteiger partial charge in [0.1, 0.15) is 23.8 Å². The van der Waals surface area contributed by atoms with E-state index in [0.717, 1.165) is 0 Å². The first kappa shape index (κ1) is 25.7. The Morgan fingerprint density at radius 2 is 1.84 bits per heavy atom. The molecule has 0 amide bonds. The highest BCUT2D eigenvalue weighted by Crippen LogP contribution is 2.66. The van der Waals surface area contributed by atoms with Gasteiger partial charge < -0.3 is 39.9 Å². The highest BCUT2D eigenvalue weighted by molar-refractivity contribution is 7.84. The Kier molecular flexibility index (Phi) is 7.22. The molecule has 1 saturated heterocycles. The maximum atomic E-state index is 12.0. The number of hydrogen-bond acceptors (Lipinski definition) is 13. The van der Waals surface area contributed by atoms with Crippen LogP contribution in [0.25, 0.3) is 11.2 Å². The summed E-state index contributed by atoms with van der Waals surface area (Å²) in [5.74, 6) is -0.0566. The molecule has 2 aromatic rings. The Labute approximate surface area is 184 Å². The van der Waals surface area contributed by atoms with Crippen molar-refractivity contribution in [1.29, 1.82) is 0 Å². The number of aliphatic hydroxyl groups excluding tert-OH is 2. The van der Waals surface area contributed by atoms with Crippen molar-refractivity contribution < 1.29 is 56.5 Å². The smallest absolute Gasteiger partial charge is 0.387 e. The molecule has 22 heteroatoms. The molecule has 0 aliphatic carbocycles. The predicted molar refractivity (Wildman–Crippen MR) is 104 cm³/mol. The first-order valence-corrected chi connectivity index (χ1v) is 13.1. The molecular weight excluding hydrogens is 521 g/mol. The number of aliphatic hydroxyl groups is 2. The number of anilines is 1. The molecule has 6 atom stereocenters. The molecule has 1 fully saturated rings. The fourth-order valence-corrected chi connectivity index (χ4v) is 6.02. The van der Waals surface area contributed by atoms with Crippen LogP contribution in [0.4, 0.5) is 5.82 Å². The standard InChI is InChI=1S/C10H14BClN5O12P3/c11-30(20,28-32(24,25)29-31(21,22)23)26-1-3-5(18)6(19)9(27-3)17-2-14-4-7(13)15-10(12)16-8(4)17/h2-3,5-6,9,18-19H,1H2,(H,24,25)(H2,13,15,16)(H2,21,22,23)/t3-,5-,6-,9-,30-/m1/s1. The Morgan fingerprint density at radius 1 is 1.19 bits per heavy atom. The highest BCUT2D eigenvalue weighted by Gasteiger charge is 2.46. The van der Waals surface area contributed by atoms with Crippen LogP contribution in [0.2, 0.25) is 5.28 Å². The minimum atomic E-state index is -5.59. The van der Waals surface area contributed by atoms with E-state index in [1.165, 1.54) is 10.9 Å². The van der Waals surface area contributed by atoms with Crippen LogP contribution in [0, 0.1) is 0 Å². The number of nitrogen functional groups attached to an aromatic ring is 1. The molecule has 7 N–H and O–H groups in total. The van der Waals surface area contributed by atoms with Crippen molar-refractivity contribution >= 4 is 59.3 Å². The maximum Gasteiger partial charge on any atom is 0.487 e. The van der Waals surface area contributed by atoms with E-state index < -0.39 is 54.3 Å². The van der Waals surface area contributed by atoms with E-state index in [1.54, 1.807) is 0 Å². The Morgan fingerprint density at radius 3 is 2.47 bits per heavy atom. The normalized spacial score (nSPS) is 27.9. The van der Waals surface area contributed by atoms with Crippen molar-refractivity contribution in [2.24, 2.45) is 0 Å². The lowest BCUT2D eigenvalue weighted by molar-refractivity contribution is -0.0479. The van der Waals surface area contributed by atoms with E-state index in [0.29, 0.717) is 0 Å². The molecule has 1 aliphatic heterocycles. The number of ether oxygens (including phenoxy) is 1. The number of nitrogens with zero attached hydrogens (tertiary/aromatic N) is 4. The first-order chi connectivity index (χ1) is 14.6. The van der Waals surface area contributed by atoms with E-state index >= 15 is 0 Å². The molecule has 0 bridgehead atoms. The van der Waals surface area contributed by atoms with Crippen molar-refractivity contribution in [3.8, 4) is 0 Å². The molecule has 2 aromatic heterocycles. The van der Waals surface area contributed by atoms with E-state index in [1.807, 2.05) is 0 Å². The molecule has 3 rings (SSSR count).